The molecule has 0 atom stereocenters. The number of aryl methyl sites for hydroxylation is 1. The minimum Gasteiger partial charge on any atom is -0.450 e. The molecule has 1 saturated heterocycles. The molecule has 2 heterocycles. The molecule has 2 aromatic carbocycles. The zero-order valence-corrected chi connectivity index (χ0v) is 18.8. The monoisotopic (exact) mass is 445 g/mol. The van der Waals surface area contributed by atoms with E-state index in [1.54, 1.807) is 35.1 Å². The number of hydrogen-bond acceptors (Lipinski definition) is 6. The van der Waals surface area contributed by atoms with E-state index in [-0.39, 0.29) is 12.0 Å². The first-order chi connectivity index (χ1) is 16.0. The van der Waals surface area contributed by atoms with Gasteiger partial charge in [-0.05, 0) is 44.2 Å². The molecule has 170 valence electrons. The van der Waals surface area contributed by atoms with E-state index in [0.29, 0.717) is 44.3 Å². The summed E-state index contributed by atoms with van der Waals surface area (Å²) in [4.78, 5) is 37.0. The van der Waals surface area contributed by atoms with Crippen LogP contribution in [-0.2, 0) is 4.74 Å². The molecule has 0 bridgehead atoms. The molecule has 8 nitrogen and oxygen atoms in total. The zero-order chi connectivity index (χ0) is 23.2. The van der Waals surface area contributed by atoms with Crippen LogP contribution in [0.5, 0.6) is 0 Å². The molecule has 1 N–H and O–H groups in total. The van der Waals surface area contributed by atoms with Crippen LogP contribution in [0.4, 0.5) is 16.4 Å². The molecule has 0 aliphatic carbocycles. The minimum absolute atomic E-state index is 0.0531. The number of hydrogen-bond donors (Lipinski definition) is 1. The van der Waals surface area contributed by atoms with E-state index in [9.17, 15) is 9.59 Å². The number of piperazine rings is 1. The maximum atomic E-state index is 12.8. The van der Waals surface area contributed by atoms with Crippen LogP contribution in [0.3, 0.4) is 0 Å². The first-order valence-corrected chi connectivity index (χ1v) is 11.0. The van der Waals surface area contributed by atoms with Crippen molar-refractivity contribution in [3.63, 3.8) is 0 Å². The maximum absolute atomic E-state index is 12.8. The topological polar surface area (TPSA) is 87.7 Å². The smallest absolute Gasteiger partial charge is 0.409 e. The predicted molar refractivity (Wildman–Crippen MR) is 126 cm³/mol. The van der Waals surface area contributed by atoms with Gasteiger partial charge in [0, 0.05) is 49.2 Å². The molecule has 0 saturated carbocycles. The summed E-state index contributed by atoms with van der Waals surface area (Å²) in [5, 5.41) is 3.20. The Morgan fingerprint density at radius 2 is 1.61 bits per heavy atom. The number of nitrogens with zero attached hydrogens (tertiary/aromatic N) is 4. The first kappa shape index (κ1) is 22.3. The standard InChI is InChI=1S/C25H27N5O3/c1-3-33-25(32)30-16-14-29(15-17-30)23(31)20-8-10-21(11-9-20)27-24-26-13-12-22(28-24)19-6-4-18(2)5-7-19/h4-13H,3,14-17H2,1-2H3,(H,26,27,28). The van der Waals surface area contributed by atoms with E-state index < -0.39 is 0 Å². The summed E-state index contributed by atoms with van der Waals surface area (Å²) in [7, 11) is 0. The van der Waals surface area contributed by atoms with E-state index in [4.69, 9.17) is 4.74 Å². The largest absolute Gasteiger partial charge is 0.450 e. The van der Waals surface area contributed by atoms with Gasteiger partial charge in [-0.3, -0.25) is 4.79 Å². The molecule has 8 heteroatoms. The highest BCUT2D eigenvalue weighted by molar-refractivity contribution is 5.94. The molecule has 0 spiro atoms. The van der Waals surface area contributed by atoms with Crippen molar-refractivity contribution in [2.24, 2.45) is 0 Å². The molecular weight excluding hydrogens is 418 g/mol. The van der Waals surface area contributed by atoms with Gasteiger partial charge < -0.3 is 19.9 Å². The van der Waals surface area contributed by atoms with E-state index in [1.807, 2.05) is 30.3 Å². The fraction of sp³-hybridized carbons (Fsp3) is 0.280. The Bertz CT molecular complexity index is 1110. The van der Waals surface area contributed by atoms with Gasteiger partial charge in [0.25, 0.3) is 5.91 Å². The molecule has 1 aliphatic heterocycles. The van der Waals surface area contributed by atoms with E-state index in [2.05, 4.69) is 34.3 Å². The van der Waals surface area contributed by atoms with Crippen LogP contribution in [0.1, 0.15) is 22.8 Å². The van der Waals surface area contributed by atoms with Crippen LogP contribution in [0.25, 0.3) is 11.3 Å². The third-order valence-electron chi connectivity index (χ3n) is 5.48. The second kappa shape index (κ2) is 10.1. The lowest BCUT2D eigenvalue weighted by Gasteiger charge is -2.34. The molecule has 4 rings (SSSR count). The molecule has 0 unspecified atom stereocenters. The fourth-order valence-electron chi connectivity index (χ4n) is 3.62. The van der Waals surface area contributed by atoms with Crippen LogP contribution >= 0.6 is 0 Å². The normalized spacial score (nSPS) is 13.5. The zero-order valence-electron chi connectivity index (χ0n) is 18.8. The lowest BCUT2D eigenvalue weighted by atomic mass is 10.1. The number of anilines is 2. The number of nitrogens with one attached hydrogen (secondary N) is 1. The van der Waals surface area contributed by atoms with Crippen molar-refractivity contribution < 1.29 is 14.3 Å². The van der Waals surface area contributed by atoms with Gasteiger partial charge in [-0.15, -0.1) is 0 Å². The number of carbonyl (C=O) groups is 2. The van der Waals surface area contributed by atoms with Gasteiger partial charge in [0.15, 0.2) is 0 Å². The van der Waals surface area contributed by atoms with E-state index >= 15 is 0 Å². The first-order valence-electron chi connectivity index (χ1n) is 11.0. The summed E-state index contributed by atoms with van der Waals surface area (Å²) in [6.45, 7) is 6.09. The highest BCUT2D eigenvalue weighted by Gasteiger charge is 2.25. The molecule has 1 aromatic heterocycles. The SMILES string of the molecule is CCOC(=O)N1CCN(C(=O)c2ccc(Nc3nccc(-c4ccc(C)cc4)n3)cc2)CC1. The quantitative estimate of drug-likeness (QED) is 0.636. The second-order valence-electron chi connectivity index (χ2n) is 7.81. The van der Waals surface area contributed by atoms with E-state index in [1.165, 1.54) is 5.56 Å². The molecule has 0 radical (unpaired) electrons. The van der Waals surface area contributed by atoms with Gasteiger partial charge in [0.1, 0.15) is 0 Å². The van der Waals surface area contributed by atoms with Gasteiger partial charge in [0.2, 0.25) is 5.95 Å². The van der Waals surface area contributed by atoms with Gasteiger partial charge in [-0.2, -0.15) is 0 Å². The summed E-state index contributed by atoms with van der Waals surface area (Å²) >= 11 is 0. The number of carbonyl (C=O) groups excluding carboxylic acids is 2. The van der Waals surface area contributed by atoms with Crippen molar-refractivity contribution in [2.75, 3.05) is 38.1 Å². The Kier molecular flexibility index (Phi) is 6.83. The van der Waals surface area contributed by atoms with Crippen LogP contribution in [0.15, 0.2) is 60.8 Å². The number of benzene rings is 2. The summed E-state index contributed by atoms with van der Waals surface area (Å²) in [6.07, 6.45) is 1.40. The lowest BCUT2D eigenvalue weighted by molar-refractivity contribution is 0.0570. The van der Waals surface area contributed by atoms with Crippen molar-refractivity contribution in [2.45, 2.75) is 13.8 Å². The molecule has 3 aromatic rings. The average Bonchev–Trinajstić information content (AvgIpc) is 2.85. The molecule has 1 fully saturated rings. The molecule has 2 amide bonds. The molecular formula is C25H27N5O3. The molecule has 1 aliphatic rings. The fourth-order valence-corrected chi connectivity index (χ4v) is 3.62. The molecule has 33 heavy (non-hydrogen) atoms. The Labute approximate surface area is 193 Å². The minimum atomic E-state index is -0.325. The van der Waals surface area contributed by atoms with Crippen LogP contribution in [-0.4, -0.2) is 64.6 Å². The van der Waals surface area contributed by atoms with Crippen molar-refractivity contribution in [3.8, 4) is 11.3 Å². The van der Waals surface area contributed by atoms with Crippen LogP contribution in [0.2, 0.25) is 0 Å². The number of rotatable bonds is 5. The lowest BCUT2D eigenvalue weighted by Crippen LogP contribution is -2.50. The van der Waals surface area contributed by atoms with Crippen molar-refractivity contribution >= 4 is 23.6 Å². The number of ether oxygens (including phenoxy) is 1. The summed E-state index contributed by atoms with van der Waals surface area (Å²) in [5.74, 6) is 0.435. The van der Waals surface area contributed by atoms with Gasteiger partial charge in [-0.25, -0.2) is 14.8 Å². The Hall–Kier alpha value is -3.94. The summed E-state index contributed by atoms with van der Waals surface area (Å²) in [6, 6.07) is 17.3. The third kappa shape index (κ3) is 5.46. The Morgan fingerprint density at radius 3 is 2.27 bits per heavy atom. The Morgan fingerprint density at radius 1 is 0.939 bits per heavy atom. The Balaban J connectivity index is 1.37. The van der Waals surface area contributed by atoms with Crippen LogP contribution in [0, 0.1) is 6.92 Å². The van der Waals surface area contributed by atoms with Gasteiger partial charge in [0.05, 0.1) is 12.3 Å². The van der Waals surface area contributed by atoms with Gasteiger partial charge in [-0.1, -0.05) is 29.8 Å². The second-order valence-corrected chi connectivity index (χ2v) is 7.81. The number of aromatic nitrogens is 2. The predicted octanol–water partition coefficient (Wildman–Crippen LogP) is 4.11. The maximum Gasteiger partial charge on any atom is 0.409 e. The highest BCUT2D eigenvalue weighted by atomic mass is 16.6. The third-order valence-corrected chi connectivity index (χ3v) is 5.48. The number of amides is 2. The summed E-state index contributed by atoms with van der Waals surface area (Å²) in [5.41, 5.74) is 4.44. The van der Waals surface area contributed by atoms with Crippen molar-refractivity contribution in [1.82, 2.24) is 19.8 Å². The highest BCUT2D eigenvalue weighted by Crippen LogP contribution is 2.21. The van der Waals surface area contributed by atoms with Crippen molar-refractivity contribution in [3.05, 3.63) is 71.9 Å². The average molecular weight is 446 g/mol. The van der Waals surface area contributed by atoms with E-state index in [0.717, 1.165) is 16.9 Å². The summed E-state index contributed by atoms with van der Waals surface area (Å²) < 4.78 is 5.03. The van der Waals surface area contributed by atoms with Gasteiger partial charge >= 0.3 is 6.09 Å². The van der Waals surface area contributed by atoms with Crippen molar-refractivity contribution in [1.29, 1.82) is 0 Å². The van der Waals surface area contributed by atoms with Crippen LogP contribution < -0.4 is 5.32 Å².